The number of likely N-dealkylation sites (tertiary alicyclic amines) is 2. The molecule has 7 heteroatoms. The number of nitrogens with zero attached hydrogens (tertiary/aromatic N) is 3. The smallest absolute Gasteiger partial charge is 0.409 e. The summed E-state index contributed by atoms with van der Waals surface area (Å²) in [4.78, 5) is 31.4. The van der Waals surface area contributed by atoms with E-state index in [2.05, 4.69) is 4.90 Å². The highest BCUT2D eigenvalue weighted by Crippen LogP contribution is 2.57. The molecule has 156 valence electrons. The summed E-state index contributed by atoms with van der Waals surface area (Å²) < 4.78 is 10.6. The average molecular weight is 392 g/mol. The van der Waals surface area contributed by atoms with Crippen LogP contribution in [0.25, 0.3) is 0 Å². The van der Waals surface area contributed by atoms with Crippen LogP contribution in [-0.4, -0.2) is 91.8 Å². The summed E-state index contributed by atoms with van der Waals surface area (Å²) in [5, 5.41) is 0. The topological polar surface area (TPSA) is 62.3 Å². The van der Waals surface area contributed by atoms with E-state index in [9.17, 15) is 9.59 Å². The van der Waals surface area contributed by atoms with Crippen molar-refractivity contribution in [3.63, 3.8) is 0 Å². The van der Waals surface area contributed by atoms with Crippen LogP contribution >= 0.6 is 0 Å². The summed E-state index contributed by atoms with van der Waals surface area (Å²) in [6.07, 6.45) is 4.33. The molecule has 3 atom stereocenters. The molecule has 2 aliphatic carbocycles. The third kappa shape index (κ3) is 3.20. The van der Waals surface area contributed by atoms with Gasteiger partial charge in [-0.15, -0.1) is 0 Å². The summed E-state index contributed by atoms with van der Waals surface area (Å²) >= 11 is 0. The number of carbonyl (C=O) groups is 2. The second kappa shape index (κ2) is 7.17. The Bertz CT molecular complexity index is 615. The molecule has 0 aromatic carbocycles. The molecular weight excluding hydrogens is 358 g/mol. The van der Waals surface area contributed by atoms with Gasteiger partial charge in [0.25, 0.3) is 0 Å². The first-order chi connectivity index (χ1) is 13.6. The molecule has 5 fully saturated rings. The highest BCUT2D eigenvalue weighted by Gasteiger charge is 2.62. The lowest BCUT2D eigenvalue weighted by Crippen LogP contribution is -2.52. The van der Waals surface area contributed by atoms with Gasteiger partial charge in [0.15, 0.2) is 0 Å². The van der Waals surface area contributed by atoms with Gasteiger partial charge >= 0.3 is 6.09 Å². The van der Waals surface area contributed by atoms with Crippen LogP contribution < -0.4 is 0 Å². The van der Waals surface area contributed by atoms with E-state index in [4.69, 9.17) is 9.47 Å². The van der Waals surface area contributed by atoms with E-state index in [1.807, 2.05) is 16.7 Å². The van der Waals surface area contributed by atoms with Crippen LogP contribution in [-0.2, 0) is 14.3 Å². The molecule has 0 bridgehead atoms. The Morgan fingerprint density at radius 1 is 1.07 bits per heavy atom. The van der Waals surface area contributed by atoms with Crippen molar-refractivity contribution in [1.29, 1.82) is 0 Å². The highest BCUT2D eigenvalue weighted by molar-refractivity contribution is 5.82. The van der Waals surface area contributed by atoms with Crippen LogP contribution in [0.3, 0.4) is 0 Å². The van der Waals surface area contributed by atoms with Crippen molar-refractivity contribution in [2.24, 2.45) is 23.2 Å². The first-order valence-electron chi connectivity index (χ1n) is 11.1. The fourth-order valence-electron chi connectivity index (χ4n) is 6.24. The van der Waals surface area contributed by atoms with E-state index in [1.165, 1.54) is 12.8 Å². The third-order valence-electron chi connectivity index (χ3n) is 7.86. The Balaban J connectivity index is 1.08. The summed E-state index contributed by atoms with van der Waals surface area (Å²) in [5.74, 6) is 1.81. The molecule has 1 unspecified atom stereocenters. The Morgan fingerprint density at radius 3 is 2.61 bits per heavy atom. The number of rotatable bonds is 3. The minimum Gasteiger partial charge on any atom is -0.450 e. The second-order valence-electron chi connectivity index (χ2n) is 9.53. The molecule has 5 aliphatic rings. The molecule has 5 rings (SSSR count). The molecule has 1 spiro atoms. The summed E-state index contributed by atoms with van der Waals surface area (Å²) in [5.41, 5.74) is 0.325. The molecule has 3 aliphatic heterocycles. The Kier molecular flexibility index (Phi) is 4.78. The molecule has 3 saturated heterocycles. The van der Waals surface area contributed by atoms with Gasteiger partial charge in [-0.25, -0.2) is 4.79 Å². The van der Waals surface area contributed by atoms with Crippen molar-refractivity contribution in [3.8, 4) is 0 Å². The minimum absolute atomic E-state index is 0.148. The molecule has 7 nitrogen and oxygen atoms in total. The zero-order valence-corrected chi connectivity index (χ0v) is 17.0. The number of ether oxygens (including phenoxy) is 2. The standard InChI is InChI=1S/C21H33N3O4/c1-2-28-20(26)23-6-4-21(14-23)10-15(11-21)24-12-16-17(13-24)18(16)19(25)22-5-3-8-27-9-7-22/h15-18H,2-14H2,1H3/t15?,16-,17+,18?,21?. The van der Waals surface area contributed by atoms with Crippen molar-refractivity contribution < 1.29 is 19.1 Å². The van der Waals surface area contributed by atoms with E-state index in [1.54, 1.807) is 0 Å². The molecule has 2 saturated carbocycles. The zero-order chi connectivity index (χ0) is 19.3. The number of amides is 2. The third-order valence-corrected chi connectivity index (χ3v) is 7.86. The van der Waals surface area contributed by atoms with Gasteiger partial charge in [0.1, 0.15) is 0 Å². The predicted octanol–water partition coefficient (Wildman–Crippen LogP) is 1.42. The lowest BCUT2D eigenvalue weighted by molar-refractivity contribution is -0.133. The maximum Gasteiger partial charge on any atom is 0.409 e. The van der Waals surface area contributed by atoms with Gasteiger partial charge in [-0.3, -0.25) is 9.69 Å². The minimum atomic E-state index is -0.148. The molecule has 28 heavy (non-hydrogen) atoms. The van der Waals surface area contributed by atoms with Gasteiger partial charge in [-0.05, 0) is 49.9 Å². The first kappa shape index (κ1) is 18.7. The van der Waals surface area contributed by atoms with Crippen LogP contribution in [0.1, 0.15) is 32.6 Å². The van der Waals surface area contributed by atoms with E-state index in [0.29, 0.717) is 42.4 Å². The number of fused-ring (bicyclic) bond motifs is 1. The van der Waals surface area contributed by atoms with Gasteiger partial charge in [-0.2, -0.15) is 0 Å². The number of hydrogen-bond donors (Lipinski definition) is 0. The maximum absolute atomic E-state index is 12.8. The maximum atomic E-state index is 12.8. The average Bonchev–Trinajstić information content (AvgIpc) is 2.99. The lowest BCUT2D eigenvalue weighted by Gasteiger charge is -2.49. The summed E-state index contributed by atoms with van der Waals surface area (Å²) in [6.45, 7) is 9.29. The zero-order valence-electron chi connectivity index (χ0n) is 17.0. The second-order valence-corrected chi connectivity index (χ2v) is 9.53. The Hall–Kier alpha value is -1.34. The van der Waals surface area contributed by atoms with E-state index in [0.717, 1.165) is 58.7 Å². The van der Waals surface area contributed by atoms with Crippen LogP contribution in [0.15, 0.2) is 0 Å². The number of hydrogen-bond acceptors (Lipinski definition) is 5. The Labute approximate surface area is 167 Å². The fraction of sp³-hybridized carbons (Fsp3) is 0.905. The first-order valence-corrected chi connectivity index (χ1v) is 11.1. The highest BCUT2D eigenvalue weighted by atomic mass is 16.6. The number of carbonyl (C=O) groups excluding carboxylic acids is 2. The Morgan fingerprint density at radius 2 is 1.86 bits per heavy atom. The molecule has 3 heterocycles. The normalized spacial score (nSPS) is 40.2. The van der Waals surface area contributed by atoms with Crippen LogP contribution in [0.5, 0.6) is 0 Å². The fourth-order valence-corrected chi connectivity index (χ4v) is 6.24. The quantitative estimate of drug-likeness (QED) is 0.728. The van der Waals surface area contributed by atoms with Crippen LogP contribution in [0.2, 0.25) is 0 Å². The SMILES string of the molecule is CCOC(=O)N1CCC2(CC(N3C[C@@H]4C(C(=O)N5CCCOCC5)[C@@H]4C3)C2)C1. The van der Waals surface area contributed by atoms with Gasteiger partial charge < -0.3 is 19.3 Å². The summed E-state index contributed by atoms with van der Waals surface area (Å²) in [7, 11) is 0. The predicted molar refractivity (Wildman–Crippen MR) is 103 cm³/mol. The van der Waals surface area contributed by atoms with Crippen LogP contribution in [0, 0.1) is 23.2 Å². The van der Waals surface area contributed by atoms with E-state index < -0.39 is 0 Å². The summed E-state index contributed by atoms with van der Waals surface area (Å²) in [6, 6.07) is 0.650. The van der Waals surface area contributed by atoms with Gasteiger partial charge in [0.2, 0.25) is 5.91 Å². The molecule has 0 aromatic heterocycles. The molecule has 0 N–H and O–H groups in total. The van der Waals surface area contributed by atoms with Crippen molar-refractivity contribution >= 4 is 12.0 Å². The molecule has 0 aromatic rings. The molecular formula is C21H33N3O4. The van der Waals surface area contributed by atoms with E-state index >= 15 is 0 Å². The number of piperidine rings is 1. The molecule has 0 radical (unpaired) electrons. The largest absolute Gasteiger partial charge is 0.450 e. The van der Waals surface area contributed by atoms with Crippen molar-refractivity contribution in [2.75, 3.05) is 59.1 Å². The van der Waals surface area contributed by atoms with Gasteiger partial charge in [0, 0.05) is 57.8 Å². The van der Waals surface area contributed by atoms with E-state index in [-0.39, 0.29) is 12.0 Å². The van der Waals surface area contributed by atoms with Crippen molar-refractivity contribution in [1.82, 2.24) is 14.7 Å². The van der Waals surface area contributed by atoms with Crippen molar-refractivity contribution in [2.45, 2.75) is 38.6 Å². The van der Waals surface area contributed by atoms with Crippen LogP contribution in [0.4, 0.5) is 4.79 Å². The van der Waals surface area contributed by atoms with Gasteiger partial charge in [-0.1, -0.05) is 0 Å². The lowest BCUT2D eigenvalue weighted by atomic mass is 9.64. The molecule has 2 amide bonds. The van der Waals surface area contributed by atoms with Gasteiger partial charge in [0.05, 0.1) is 13.2 Å². The van der Waals surface area contributed by atoms with Crippen molar-refractivity contribution in [3.05, 3.63) is 0 Å². The monoisotopic (exact) mass is 391 g/mol.